The predicted octanol–water partition coefficient (Wildman–Crippen LogP) is 4.90. The fourth-order valence-electron chi connectivity index (χ4n) is 2.50. The summed E-state index contributed by atoms with van der Waals surface area (Å²) in [6.07, 6.45) is 0. The Hall–Kier alpha value is -1.62. The van der Waals surface area contributed by atoms with Crippen LogP contribution in [0, 0.1) is 13.8 Å². The number of halogens is 2. The molecule has 0 unspecified atom stereocenters. The first-order valence-corrected chi connectivity index (χ1v) is 8.54. The molecular weight excluding hydrogens is 351 g/mol. The molecule has 118 valence electrons. The third kappa shape index (κ3) is 3.20. The Kier molecular flexibility index (Phi) is 4.32. The Morgan fingerprint density at radius 2 is 1.74 bits per heavy atom. The summed E-state index contributed by atoms with van der Waals surface area (Å²) in [5, 5.41) is 0.839. The van der Waals surface area contributed by atoms with Crippen molar-refractivity contribution < 1.29 is 4.79 Å². The van der Waals surface area contributed by atoms with Crippen LogP contribution in [0.25, 0.3) is 10.2 Å². The Labute approximate surface area is 147 Å². The fraction of sp³-hybridized carbons (Fsp3) is 0.176. The molecule has 0 saturated carbocycles. The number of rotatable bonds is 1. The Morgan fingerprint density at radius 1 is 1.09 bits per heavy atom. The number of aromatic nitrogens is 1. The topological polar surface area (TPSA) is 34.4 Å². The molecule has 1 amide bonds. The van der Waals surface area contributed by atoms with Crippen molar-refractivity contribution in [2.24, 2.45) is 12.0 Å². The van der Waals surface area contributed by atoms with Crippen molar-refractivity contribution in [1.29, 1.82) is 0 Å². The van der Waals surface area contributed by atoms with Crippen molar-refractivity contribution in [2.75, 3.05) is 0 Å². The maximum Gasteiger partial charge on any atom is 0.279 e. The van der Waals surface area contributed by atoms with Gasteiger partial charge in [-0.05, 0) is 49.2 Å². The number of hydrogen-bond donors (Lipinski definition) is 0. The van der Waals surface area contributed by atoms with E-state index in [-0.39, 0.29) is 5.91 Å². The minimum atomic E-state index is -0.356. The van der Waals surface area contributed by atoms with Crippen molar-refractivity contribution in [2.45, 2.75) is 13.8 Å². The molecule has 0 aliphatic rings. The lowest BCUT2D eigenvalue weighted by Gasteiger charge is -2.00. The quantitative estimate of drug-likeness (QED) is 0.604. The van der Waals surface area contributed by atoms with Crippen LogP contribution < -0.4 is 4.80 Å². The highest BCUT2D eigenvalue weighted by Gasteiger charge is 2.10. The van der Waals surface area contributed by atoms with Gasteiger partial charge in [-0.1, -0.05) is 40.6 Å². The summed E-state index contributed by atoms with van der Waals surface area (Å²) in [5.74, 6) is -0.356. The van der Waals surface area contributed by atoms with Crippen LogP contribution in [0.1, 0.15) is 21.5 Å². The highest BCUT2D eigenvalue weighted by atomic mass is 35.5. The molecule has 0 aliphatic carbocycles. The summed E-state index contributed by atoms with van der Waals surface area (Å²) >= 11 is 13.4. The second kappa shape index (κ2) is 6.11. The first kappa shape index (κ1) is 16.2. The zero-order chi connectivity index (χ0) is 16.7. The van der Waals surface area contributed by atoms with Gasteiger partial charge in [-0.3, -0.25) is 4.79 Å². The molecule has 0 radical (unpaired) electrons. The molecule has 0 spiro atoms. The van der Waals surface area contributed by atoms with Crippen LogP contribution in [0.2, 0.25) is 10.0 Å². The number of carbonyl (C=O) groups is 1. The van der Waals surface area contributed by atoms with Gasteiger partial charge in [-0.15, -0.1) is 0 Å². The minimum absolute atomic E-state index is 0.356. The number of nitrogens with zero attached hydrogens (tertiary/aromatic N) is 2. The smallest absolute Gasteiger partial charge is 0.279 e. The van der Waals surface area contributed by atoms with Gasteiger partial charge in [0.2, 0.25) is 0 Å². The molecule has 3 aromatic rings. The molecule has 0 fully saturated rings. The van der Waals surface area contributed by atoms with E-state index in [1.807, 2.05) is 11.6 Å². The number of fused-ring (bicyclic) bond motifs is 1. The minimum Gasteiger partial charge on any atom is -0.319 e. The number of aryl methyl sites for hydroxylation is 3. The van der Waals surface area contributed by atoms with Crippen molar-refractivity contribution >= 4 is 50.7 Å². The van der Waals surface area contributed by atoms with Crippen LogP contribution in [0.4, 0.5) is 0 Å². The average Bonchev–Trinajstić information content (AvgIpc) is 2.75. The summed E-state index contributed by atoms with van der Waals surface area (Å²) in [5.41, 5.74) is 3.82. The largest absolute Gasteiger partial charge is 0.319 e. The maximum atomic E-state index is 12.4. The van der Waals surface area contributed by atoms with Crippen LogP contribution in [0.5, 0.6) is 0 Å². The number of amides is 1. The van der Waals surface area contributed by atoms with E-state index in [2.05, 4.69) is 31.0 Å². The SMILES string of the molecule is Cc1cc(C)c2sc(=NC(=O)c3cc(Cl)cc(Cl)c3)n(C)c2c1. The summed E-state index contributed by atoms with van der Waals surface area (Å²) in [4.78, 5) is 17.3. The first-order chi connectivity index (χ1) is 10.8. The zero-order valence-electron chi connectivity index (χ0n) is 12.9. The predicted molar refractivity (Wildman–Crippen MR) is 96.6 cm³/mol. The van der Waals surface area contributed by atoms with Gasteiger partial charge in [0.15, 0.2) is 4.80 Å². The van der Waals surface area contributed by atoms with E-state index < -0.39 is 0 Å². The van der Waals surface area contributed by atoms with Gasteiger partial charge in [0, 0.05) is 22.7 Å². The molecule has 0 bridgehead atoms. The lowest BCUT2D eigenvalue weighted by atomic mass is 10.1. The Morgan fingerprint density at radius 3 is 2.39 bits per heavy atom. The van der Waals surface area contributed by atoms with E-state index in [1.54, 1.807) is 18.2 Å². The molecule has 2 aromatic carbocycles. The zero-order valence-corrected chi connectivity index (χ0v) is 15.2. The van der Waals surface area contributed by atoms with Gasteiger partial charge in [-0.2, -0.15) is 4.99 Å². The van der Waals surface area contributed by atoms with Crippen LogP contribution >= 0.6 is 34.5 Å². The fourth-order valence-corrected chi connectivity index (χ4v) is 4.10. The van der Waals surface area contributed by atoms with E-state index in [9.17, 15) is 4.79 Å². The molecule has 0 aliphatic heterocycles. The highest BCUT2D eigenvalue weighted by molar-refractivity contribution is 7.16. The first-order valence-electron chi connectivity index (χ1n) is 6.97. The highest BCUT2D eigenvalue weighted by Crippen LogP contribution is 2.23. The average molecular weight is 365 g/mol. The number of hydrogen-bond acceptors (Lipinski definition) is 2. The van der Waals surface area contributed by atoms with E-state index in [4.69, 9.17) is 23.2 Å². The number of benzene rings is 2. The van der Waals surface area contributed by atoms with Crippen LogP contribution in [-0.2, 0) is 7.05 Å². The molecule has 0 saturated heterocycles. The van der Waals surface area contributed by atoms with Gasteiger partial charge in [0.05, 0.1) is 10.2 Å². The summed E-state index contributed by atoms with van der Waals surface area (Å²) < 4.78 is 3.07. The number of carbonyl (C=O) groups excluding carboxylic acids is 1. The molecule has 1 heterocycles. The van der Waals surface area contributed by atoms with E-state index in [1.165, 1.54) is 22.5 Å². The molecular formula is C17H14Cl2N2OS. The van der Waals surface area contributed by atoms with Crippen molar-refractivity contribution in [3.05, 3.63) is 61.9 Å². The molecule has 6 heteroatoms. The second-order valence-electron chi connectivity index (χ2n) is 5.45. The third-order valence-electron chi connectivity index (χ3n) is 3.55. The van der Waals surface area contributed by atoms with Gasteiger partial charge >= 0.3 is 0 Å². The van der Waals surface area contributed by atoms with Crippen LogP contribution in [0.3, 0.4) is 0 Å². The lowest BCUT2D eigenvalue weighted by molar-refractivity contribution is 0.0998. The number of thiazole rings is 1. The Balaban J connectivity index is 2.16. The summed E-state index contributed by atoms with van der Waals surface area (Å²) in [7, 11) is 1.91. The standard InChI is InChI=1S/C17H14Cl2N2OS/c1-9-4-10(2)15-14(5-9)21(3)17(23-15)20-16(22)11-6-12(18)8-13(19)7-11/h4-8H,1-3H3. The van der Waals surface area contributed by atoms with E-state index in [0.29, 0.717) is 20.4 Å². The van der Waals surface area contributed by atoms with Gasteiger partial charge in [0.25, 0.3) is 5.91 Å². The Bertz CT molecular complexity index is 981. The molecule has 0 atom stereocenters. The van der Waals surface area contributed by atoms with Crippen LogP contribution in [-0.4, -0.2) is 10.5 Å². The van der Waals surface area contributed by atoms with Gasteiger partial charge in [-0.25, -0.2) is 0 Å². The molecule has 23 heavy (non-hydrogen) atoms. The van der Waals surface area contributed by atoms with Gasteiger partial charge < -0.3 is 4.57 Å². The lowest BCUT2D eigenvalue weighted by Crippen LogP contribution is -2.13. The van der Waals surface area contributed by atoms with Crippen molar-refractivity contribution in [3.63, 3.8) is 0 Å². The molecule has 1 aromatic heterocycles. The van der Waals surface area contributed by atoms with Gasteiger partial charge in [0.1, 0.15) is 0 Å². The monoisotopic (exact) mass is 364 g/mol. The molecule has 3 nitrogen and oxygen atoms in total. The molecule has 3 rings (SSSR count). The van der Waals surface area contributed by atoms with E-state index >= 15 is 0 Å². The van der Waals surface area contributed by atoms with Crippen LogP contribution in [0.15, 0.2) is 35.3 Å². The third-order valence-corrected chi connectivity index (χ3v) is 5.27. The summed E-state index contributed by atoms with van der Waals surface area (Å²) in [6.45, 7) is 4.12. The van der Waals surface area contributed by atoms with Crippen molar-refractivity contribution in [3.8, 4) is 0 Å². The molecule has 0 N–H and O–H groups in total. The normalized spacial score (nSPS) is 12.1. The maximum absolute atomic E-state index is 12.4. The van der Waals surface area contributed by atoms with E-state index in [0.717, 1.165) is 10.2 Å². The second-order valence-corrected chi connectivity index (χ2v) is 7.30. The summed E-state index contributed by atoms with van der Waals surface area (Å²) in [6, 6.07) is 8.95. The van der Waals surface area contributed by atoms with Crippen molar-refractivity contribution in [1.82, 2.24) is 4.57 Å².